The van der Waals surface area contributed by atoms with E-state index >= 15 is 0 Å². The van der Waals surface area contributed by atoms with Gasteiger partial charge in [0, 0.05) is 11.3 Å². The Morgan fingerprint density at radius 2 is 1.96 bits per heavy atom. The van der Waals surface area contributed by atoms with Gasteiger partial charge in [0.1, 0.15) is 23.5 Å². The van der Waals surface area contributed by atoms with Gasteiger partial charge in [-0.25, -0.2) is 0 Å². The normalized spacial score (nSPS) is 9.89. The number of aromatic hydroxyl groups is 1. The number of aliphatic carboxylic acids is 1. The molecule has 0 heterocycles. The summed E-state index contributed by atoms with van der Waals surface area (Å²) in [6.07, 6.45) is 0. The van der Waals surface area contributed by atoms with Crippen LogP contribution in [0.4, 0.5) is 5.69 Å². The summed E-state index contributed by atoms with van der Waals surface area (Å²) in [7, 11) is 0. The van der Waals surface area contributed by atoms with Crippen LogP contribution in [0.15, 0.2) is 30.3 Å². The second-order valence-corrected chi connectivity index (χ2v) is 6.07. The maximum atomic E-state index is 11.2. The number of benzene rings is 2. The molecule has 9 heteroatoms. The Morgan fingerprint density at radius 3 is 2.52 bits per heavy atom. The molecule has 2 aromatic rings. The minimum absolute atomic E-state index is 0. The number of nitrogens with zero attached hydrogens (tertiary/aromatic N) is 1. The van der Waals surface area contributed by atoms with Crippen LogP contribution in [0, 0.1) is 11.3 Å². The number of carboxylic acid groups (broad SMARTS) is 1. The van der Waals surface area contributed by atoms with Crippen molar-refractivity contribution in [2.75, 3.05) is 5.32 Å². The fourth-order valence-electron chi connectivity index (χ4n) is 2.21. The standard InChI is InChI=1S/C18H15ClN2O5.Na/c1-9(2)13-7-12(3-4-15(13)22)26-16-10(8-20)5-11(6-14(16)19)21-17(23)18(24)25;/h3-7,9,22H,1-2H3,(H,21,23)(H,24,25);/q;+1/p-1. The number of carbonyl (C=O) groups excluding carboxylic acids is 2. The van der Waals surface area contributed by atoms with Crippen molar-refractivity contribution < 1.29 is 54.1 Å². The number of anilines is 1. The van der Waals surface area contributed by atoms with Gasteiger partial charge < -0.3 is 25.1 Å². The summed E-state index contributed by atoms with van der Waals surface area (Å²) in [5, 5.41) is 31.7. The van der Waals surface area contributed by atoms with E-state index in [1.54, 1.807) is 6.07 Å². The van der Waals surface area contributed by atoms with E-state index in [-0.39, 0.29) is 63.2 Å². The molecule has 2 aromatic carbocycles. The zero-order valence-corrected chi connectivity index (χ0v) is 17.6. The molecule has 7 nitrogen and oxygen atoms in total. The number of amides is 1. The summed E-state index contributed by atoms with van der Waals surface area (Å²) < 4.78 is 5.68. The molecular formula is C18H14ClN2NaO5. The van der Waals surface area contributed by atoms with Gasteiger partial charge >= 0.3 is 29.6 Å². The molecule has 0 radical (unpaired) electrons. The second-order valence-electron chi connectivity index (χ2n) is 5.67. The first-order chi connectivity index (χ1) is 12.2. The van der Waals surface area contributed by atoms with Crippen molar-refractivity contribution in [3.05, 3.63) is 46.5 Å². The van der Waals surface area contributed by atoms with Gasteiger partial charge in [0.25, 0.3) is 5.91 Å². The maximum absolute atomic E-state index is 11.2. The number of phenolic OH excluding ortho intramolecular Hbond substituents is 1. The smallest absolute Gasteiger partial charge is 0.540 e. The molecule has 0 atom stereocenters. The fraction of sp³-hybridized carbons (Fsp3) is 0.167. The third kappa shape index (κ3) is 5.62. The van der Waals surface area contributed by atoms with E-state index in [0.29, 0.717) is 11.3 Å². The number of hydrogen-bond donors (Lipinski definition) is 2. The Kier molecular flexibility index (Phi) is 8.13. The largest absolute Gasteiger partial charge is 1.00 e. The number of ether oxygens (including phenoxy) is 1. The third-order valence-electron chi connectivity index (χ3n) is 3.45. The number of hydrogen-bond acceptors (Lipinski definition) is 6. The van der Waals surface area contributed by atoms with E-state index in [9.17, 15) is 25.1 Å². The fourth-order valence-corrected chi connectivity index (χ4v) is 2.47. The summed E-state index contributed by atoms with van der Waals surface area (Å²) in [5.74, 6) is -2.70. The predicted octanol–water partition coefficient (Wildman–Crippen LogP) is -0.475. The zero-order valence-electron chi connectivity index (χ0n) is 14.9. The number of nitriles is 1. The van der Waals surface area contributed by atoms with Crippen molar-refractivity contribution in [1.82, 2.24) is 0 Å². The van der Waals surface area contributed by atoms with Crippen molar-refractivity contribution in [3.63, 3.8) is 0 Å². The Bertz CT molecular complexity index is 925. The predicted molar refractivity (Wildman–Crippen MR) is 92.1 cm³/mol. The summed E-state index contributed by atoms with van der Waals surface area (Å²) in [6, 6.07) is 8.97. The first kappa shape index (κ1) is 22.8. The van der Waals surface area contributed by atoms with E-state index in [0.717, 1.165) is 0 Å². The van der Waals surface area contributed by atoms with Crippen LogP contribution in [0.3, 0.4) is 0 Å². The van der Waals surface area contributed by atoms with Crippen LogP contribution in [0.5, 0.6) is 17.2 Å². The summed E-state index contributed by atoms with van der Waals surface area (Å²) in [5.41, 5.74) is 0.668. The van der Waals surface area contributed by atoms with Gasteiger partial charge in [0.2, 0.25) is 0 Å². The molecule has 0 fully saturated rings. The summed E-state index contributed by atoms with van der Waals surface area (Å²) in [6.45, 7) is 3.81. The molecule has 134 valence electrons. The summed E-state index contributed by atoms with van der Waals surface area (Å²) >= 11 is 6.12. The topological polar surface area (TPSA) is 122 Å². The van der Waals surface area contributed by atoms with Crippen LogP contribution < -0.4 is 44.7 Å². The molecule has 0 aliphatic heterocycles. The van der Waals surface area contributed by atoms with Crippen molar-refractivity contribution >= 4 is 29.2 Å². The van der Waals surface area contributed by atoms with Crippen LogP contribution >= 0.6 is 11.6 Å². The van der Waals surface area contributed by atoms with E-state index in [1.165, 1.54) is 24.3 Å². The van der Waals surface area contributed by atoms with Gasteiger partial charge in [-0.2, -0.15) is 5.26 Å². The number of carboxylic acids is 1. The average Bonchev–Trinajstić information content (AvgIpc) is 2.57. The van der Waals surface area contributed by atoms with Gasteiger partial charge in [-0.1, -0.05) is 25.4 Å². The summed E-state index contributed by atoms with van der Waals surface area (Å²) in [4.78, 5) is 21.7. The van der Waals surface area contributed by atoms with E-state index in [1.807, 2.05) is 19.9 Å². The number of phenols is 1. The molecule has 0 bridgehead atoms. The van der Waals surface area contributed by atoms with Gasteiger partial charge in [0.15, 0.2) is 5.75 Å². The van der Waals surface area contributed by atoms with E-state index in [2.05, 4.69) is 5.32 Å². The van der Waals surface area contributed by atoms with Crippen LogP contribution in [-0.2, 0) is 9.59 Å². The first-order valence-electron chi connectivity index (χ1n) is 7.49. The monoisotopic (exact) mass is 396 g/mol. The number of rotatable bonds is 4. The van der Waals surface area contributed by atoms with E-state index < -0.39 is 11.9 Å². The molecule has 2 N–H and O–H groups in total. The minimum atomic E-state index is -1.91. The molecule has 0 unspecified atom stereocenters. The molecular weight excluding hydrogens is 383 g/mol. The van der Waals surface area contributed by atoms with Crippen molar-refractivity contribution in [3.8, 4) is 23.3 Å². The van der Waals surface area contributed by atoms with E-state index in [4.69, 9.17) is 16.3 Å². The molecule has 27 heavy (non-hydrogen) atoms. The van der Waals surface area contributed by atoms with Gasteiger partial charge in [0.05, 0.1) is 10.6 Å². The average molecular weight is 397 g/mol. The van der Waals surface area contributed by atoms with Crippen molar-refractivity contribution in [2.45, 2.75) is 19.8 Å². The third-order valence-corrected chi connectivity index (χ3v) is 3.73. The van der Waals surface area contributed by atoms with Crippen LogP contribution in [0.2, 0.25) is 5.02 Å². The quantitative estimate of drug-likeness (QED) is 0.532. The Morgan fingerprint density at radius 1 is 1.30 bits per heavy atom. The first-order valence-corrected chi connectivity index (χ1v) is 7.87. The minimum Gasteiger partial charge on any atom is -0.540 e. The SMILES string of the molecule is CC(C)c1cc(Oc2c(Cl)cc(NC(=O)C(=O)[O-])cc2C#N)ccc1O.[Na+]. The van der Waals surface area contributed by atoms with Crippen LogP contribution in [0.25, 0.3) is 0 Å². The molecule has 2 rings (SSSR count). The maximum Gasteiger partial charge on any atom is 1.00 e. The number of nitrogens with one attached hydrogen (secondary N) is 1. The van der Waals surface area contributed by atoms with Gasteiger partial charge in [-0.05, 0) is 36.2 Å². The van der Waals surface area contributed by atoms with Crippen molar-refractivity contribution in [2.24, 2.45) is 0 Å². The number of carbonyl (C=O) groups is 2. The van der Waals surface area contributed by atoms with Gasteiger partial charge in [-0.15, -0.1) is 0 Å². The molecule has 1 amide bonds. The molecule has 0 aliphatic carbocycles. The van der Waals surface area contributed by atoms with Crippen LogP contribution in [0.1, 0.15) is 30.9 Å². The number of halogens is 1. The molecule has 0 aliphatic rings. The second kappa shape index (κ2) is 9.62. The Hall–Kier alpha value is -2.24. The zero-order chi connectivity index (χ0) is 19.4. The van der Waals surface area contributed by atoms with Crippen LogP contribution in [-0.4, -0.2) is 17.0 Å². The van der Waals surface area contributed by atoms with Crippen molar-refractivity contribution in [1.29, 1.82) is 5.26 Å². The molecule has 0 saturated heterocycles. The Balaban J connectivity index is 0.00000364. The Labute approximate surface area is 182 Å². The van der Waals surface area contributed by atoms with Gasteiger partial charge in [-0.3, -0.25) is 4.79 Å². The molecule has 0 saturated carbocycles. The molecule has 0 aromatic heterocycles. The molecule has 0 spiro atoms.